The monoisotopic (exact) mass is 237 g/mol. The maximum atomic E-state index is 9.53. The number of piperidine rings is 1. The fraction of sp³-hybridized carbons (Fsp3) is 0.750. The van der Waals surface area contributed by atoms with Crippen molar-refractivity contribution in [2.24, 2.45) is 5.92 Å². The van der Waals surface area contributed by atoms with Crippen molar-refractivity contribution in [3.8, 4) is 0 Å². The molecule has 2 rings (SSSR count). The van der Waals surface area contributed by atoms with Crippen molar-refractivity contribution in [3.05, 3.63) is 18.7 Å². The van der Waals surface area contributed by atoms with Crippen molar-refractivity contribution in [1.29, 1.82) is 0 Å². The molecule has 5 heteroatoms. The van der Waals surface area contributed by atoms with Crippen LogP contribution in [0, 0.1) is 5.92 Å². The van der Waals surface area contributed by atoms with E-state index in [4.69, 9.17) is 0 Å². The Bertz CT molecular complexity index is 290. The Morgan fingerprint density at radius 2 is 2.24 bits per heavy atom. The maximum Gasteiger partial charge on any atom is 0.376 e. The standard InChI is InChI=1S/C10H18BN3O.C2H6/c1-11(15)14-5-2-3-10(8-14)7-13-6-4-12-9-13;1-2/h4,6,9-10,15H,2-3,5,7-8H2,1H3;1-2H3/t10-;/m1./s1. The fourth-order valence-electron chi connectivity index (χ4n) is 2.28. The third-order valence-corrected chi connectivity index (χ3v) is 3.11. The Hall–Kier alpha value is -0.805. The minimum absolute atomic E-state index is 0.310. The van der Waals surface area contributed by atoms with Crippen LogP contribution < -0.4 is 0 Å². The summed E-state index contributed by atoms with van der Waals surface area (Å²) >= 11 is 0. The number of hydrogen-bond donors (Lipinski definition) is 1. The molecule has 96 valence electrons. The molecule has 2 heterocycles. The Labute approximate surface area is 105 Å². The lowest BCUT2D eigenvalue weighted by Gasteiger charge is -2.33. The molecule has 0 amide bonds. The molecule has 0 unspecified atom stereocenters. The Balaban J connectivity index is 0.000000686. The lowest BCUT2D eigenvalue weighted by Crippen LogP contribution is -2.45. The van der Waals surface area contributed by atoms with Crippen LogP contribution in [0.5, 0.6) is 0 Å². The fourth-order valence-corrected chi connectivity index (χ4v) is 2.28. The van der Waals surface area contributed by atoms with Crippen LogP contribution in [-0.4, -0.2) is 39.5 Å². The number of aromatic nitrogens is 2. The second kappa shape index (κ2) is 7.51. The molecule has 0 radical (unpaired) electrons. The molecular formula is C12H24BN3O. The highest BCUT2D eigenvalue weighted by atomic mass is 16.2. The summed E-state index contributed by atoms with van der Waals surface area (Å²) in [4.78, 5) is 6.19. The van der Waals surface area contributed by atoms with E-state index < -0.39 is 0 Å². The molecular weight excluding hydrogens is 213 g/mol. The number of nitrogens with zero attached hydrogens (tertiary/aromatic N) is 3. The van der Waals surface area contributed by atoms with E-state index in [1.165, 1.54) is 12.8 Å². The van der Waals surface area contributed by atoms with Gasteiger partial charge in [0.2, 0.25) is 0 Å². The van der Waals surface area contributed by atoms with E-state index in [0.717, 1.165) is 19.6 Å². The highest BCUT2D eigenvalue weighted by Crippen LogP contribution is 2.18. The van der Waals surface area contributed by atoms with Gasteiger partial charge in [0, 0.05) is 18.9 Å². The van der Waals surface area contributed by atoms with Crippen LogP contribution in [0.2, 0.25) is 6.82 Å². The first-order valence-electron chi connectivity index (χ1n) is 6.63. The summed E-state index contributed by atoms with van der Waals surface area (Å²) in [6, 6.07) is 0. The van der Waals surface area contributed by atoms with Crippen LogP contribution in [0.15, 0.2) is 18.7 Å². The molecule has 0 bridgehead atoms. The van der Waals surface area contributed by atoms with Gasteiger partial charge in [0.25, 0.3) is 0 Å². The molecule has 1 aliphatic rings. The van der Waals surface area contributed by atoms with E-state index in [2.05, 4.69) is 14.4 Å². The zero-order chi connectivity index (χ0) is 12.7. The quantitative estimate of drug-likeness (QED) is 0.814. The van der Waals surface area contributed by atoms with Gasteiger partial charge in [0.15, 0.2) is 0 Å². The largest absolute Gasteiger partial charge is 0.437 e. The normalized spacial score (nSPS) is 20.6. The smallest absolute Gasteiger partial charge is 0.376 e. The summed E-state index contributed by atoms with van der Waals surface area (Å²) in [6.45, 7) is 8.89. The first-order chi connectivity index (χ1) is 8.25. The molecule has 4 nitrogen and oxygen atoms in total. The predicted octanol–water partition coefficient (Wildman–Crippen LogP) is 1.73. The van der Waals surface area contributed by atoms with Crippen LogP contribution in [-0.2, 0) is 6.54 Å². The first-order valence-corrected chi connectivity index (χ1v) is 6.63. The minimum Gasteiger partial charge on any atom is -0.437 e. The van der Waals surface area contributed by atoms with E-state index in [1.54, 1.807) is 0 Å². The van der Waals surface area contributed by atoms with Crippen molar-refractivity contribution < 1.29 is 5.02 Å². The first kappa shape index (κ1) is 14.3. The van der Waals surface area contributed by atoms with Gasteiger partial charge in [0.05, 0.1) is 6.33 Å². The molecule has 0 aromatic carbocycles. The van der Waals surface area contributed by atoms with Gasteiger partial charge in [-0.3, -0.25) is 0 Å². The third-order valence-electron chi connectivity index (χ3n) is 3.11. The van der Waals surface area contributed by atoms with Crippen molar-refractivity contribution >= 4 is 7.05 Å². The molecule has 1 N–H and O–H groups in total. The molecule has 1 aromatic heterocycles. The Morgan fingerprint density at radius 3 is 2.82 bits per heavy atom. The third kappa shape index (κ3) is 4.52. The molecule has 0 saturated carbocycles. The van der Waals surface area contributed by atoms with Gasteiger partial charge in [-0.25, -0.2) is 4.98 Å². The summed E-state index contributed by atoms with van der Waals surface area (Å²) in [6.07, 6.45) is 8.11. The van der Waals surface area contributed by atoms with Crippen LogP contribution in [0.25, 0.3) is 0 Å². The van der Waals surface area contributed by atoms with Crippen LogP contribution in [0.3, 0.4) is 0 Å². The summed E-state index contributed by atoms with van der Waals surface area (Å²) < 4.78 is 2.12. The van der Waals surface area contributed by atoms with Crippen LogP contribution in [0.4, 0.5) is 0 Å². The summed E-state index contributed by atoms with van der Waals surface area (Å²) in [7, 11) is -0.310. The molecule has 0 spiro atoms. The summed E-state index contributed by atoms with van der Waals surface area (Å²) in [5.74, 6) is 0.641. The highest BCUT2D eigenvalue weighted by Gasteiger charge is 2.24. The second-order valence-corrected chi connectivity index (χ2v) is 4.39. The van der Waals surface area contributed by atoms with Crippen molar-refractivity contribution in [2.75, 3.05) is 13.1 Å². The van der Waals surface area contributed by atoms with E-state index in [1.807, 2.05) is 39.4 Å². The van der Waals surface area contributed by atoms with Gasteiger partial charge in [0.1, 0.15) is 0 Å². The van der Waals surface area contributed by atoms with Crippen molar-refractivity contribution in [1.82, 2.24) is 14.4 Å². The average molecular weight is 237 g/mol. The minimum atomic E-state index is -0.310. The van der Waals surface area contributed by atoms with E-state index >= 15 is 0 Å². The zero-order valence-corrected chi connectivity index (χ0v) is 11.2. The number of rotatable bonds is 3. The van der Waals surface area contributed by atoms with Gasteiger partial charge < -0.3 is 14.4 Å². The van der Waals surface area contributed by atoms with Crippen molar-refractivity contribution in [2.45, 2.75) is 40.1 Å². The van der Waals surface area contributed by atoms with E-state index in [9.17, 15) is 5.02 Å². The van der Waals surface area contributed by atoms with Gasteiger partial charge in [-0.15, -0.1) is 0 Å². The van der Waals surface area contributed by atoms with Gasteiger partial charge in [-0.1, -0.05) is 13.8 Å². The number of imidazole rings is 1. The topological polar surface area (TPSA) is 41.3 Å². The SMILES string of the molecule is CB(O)N1CCC[C@H](Cn2ccnc2)C1.CC. The number of hydrogen-bond acceptors (Lipinski definition) is 3. The molecule has 1 aliphatic heterocycles. The molecule has 0 aliphatic carbocycles. The van der Waals surface area contributed by atoms with E-state index in [-0.39, 0.29) is 7.05 Å². The van der Waals surface area contributed by atoms with Crippen LogP contribution >= 0.6 is 0 Å². The summed E-state index contributed by atoms with van der Waals surface area (Å²) in [5, 5.41) is 9.53. The van der Waals surface area contributed by atoms with Crippen LogP contribution in [0.1, 0.15) is 26.7 Å². The summed E-state index contributed by atoms with van der Waals surface area (Å²) in [5.41, 5.74) is 0. The highest BCUT2D eigenvalue weighted by molar-refractivity contribution is 6.45. The molecule has 1 aromatic rings. The predicted molar refractivity (Wildman–Crippen MR) is 71.7 cm³/mol. The second-order valence-electron chi connectivity index (χ2n) is 4.39. The molecule has 1 saturated heterocycles. The van der Waals surface area contributed by atoms with Gasteiger partial charge in [-0.2, -0.15) is 0 Å². The molecule has 1 atom stereocenters. The maximum absolute atomic E-state index is 9.53. The van der Waals surface area contributed by atoms with Gasteiger partial charge >= 0.3 is 7.05 Å². The zero-order valence-electron chi connectivity index (χ0n) is 11.2. The average Bonchev–Trinajstić information content (AvgIpc) is 2.85. The van der Waals surface area contributed by atoms with E-state index in [0.29, 0.717) is 5.92 Å². The van der Waals surface area contributed by atoms with Crippen molar-refractivity contribution in [3.63, 3.8) is 0 Å². The van der Waals surface area contributed by atoms with Gasteiger partial charge in [-0.05, 0) is 38.7 Å². The Morgan fingerprint density at radius 1 is 1.47 bits per heavy atom. The lowest BCUT2D eigenvalue weighted by molar-refractivity contribution is 0.225. The lowest BCUT2D eigenvalue weighted by atomic mass is 9.80. The molecule has 17 heavy (non-hydrogen) atoms. The Kier molecular flexibility index (Phi) is 6.30. The molecule has 1 fully saturated rings.